The minimum absolute atomic E-state index is 0.111. The van der Waals surface area contributed by atoms with E-state index < -0.39 is 0 Å². The van der Waals surface area contributed by atoms with Crippen LogP contribution < -0.4 is 5.32 Å². The van der Waals surface area contributed by atoms with Gasteiger partial charge in [0.2, 0.25) is 0 Å². The van der Waals surface area contributed by atoms with Crippen LogP contribution in [-0.2, 0) is 17.7 Å². The van der Waals surface area contributed by atoms with Gasteiger partial charge in [0.05, 0.1) is 12.1 Å². The van der Waals surface area contributed by atoms with E-state index in [1.807, 2.05) is 6.07 Å². The summed E-state index contributed by atoms with van der Waals surface area (Å²) in [5, 5.41) is 12.8. The highest BCUT2D eigenvalue weighted by Gasteiger charge is 2.31. The van der Waals surface area contributed by atoms with Crippen molar-refractivity contribution in [2.45, 2.75) is 38.0 Å². The Hall–Kier alpha value is -2.60. The first-order valence-electron chi connectivity index (χ1n) is 9.33. The molecule has 4 rings (SSSR count). The minimum atomic E-state index is -0.314. The number of nitrogens with one attached hydrogen (secondary N) is 1. The van der Waals surface area contributed by atoms with Crippen LogP contribution >= 0.6 is 0 Å². The van der Waals surface area contributed by atoms with Gasteiger partial charge in [0, 0.05) is 19.7 Å². The van der Waals surface area contributed by atoms with Crippen LogP contribution in [-0.4, -0.2) is 35.3 Å². The lowest BCUT2D eigenvalue weighted by Crippen LogP contribution is -2.46. The first-order valence-corrected chi connectivity index (χ1v) is 9.33. The summed E-state index contributed by atoms with van der Waals surface area (Å²) >= 11 is 0. The van der Waals surface area contributed by atoms with Crippen LogP contribution in [0.15, 0.2) is 42.5 Å². The fourth-order valence-corrected chi connectivity index (χ4v) is 3.87. The minimum Gasteiger partial charge on any atom is -0.508 e. The molecule has 5 nitrogen and oxygen atoms in total. The van der Waals surface area contributed by atoms with E-state index in [1.54, 1.807) is 29.2 Å². The van der Waals surface area contributed by atoms with Crippen molar-refractivity contribution in [1.29, 1.82) is 0 Å². The van der Waals surface area contributed by atoms with Crippen LogP contribution in [0.5, 0.6) is 5.75 Å². The predicted molar refractivity (Wildman–Crippen MR) is 98.9 cm³/mol. The molecule has 0 saturated carbocycles. The molecule has 6 heteroatoms. The number of amides is 2. The van der Waals surface area contributed by atoms with Crippen LogP contribution in [0.4, 0.5) is 9.18 Å². The number of ether oxygens (including phenoxy) is 1. The van der Waals surface area contributed by atoms with E-state index in [-0.39, 0.29) is 29.7 Å². The Bertz CT molecular complexity index is 819. The van der Waals surface area contributed by atoms with Crippen LogP contribution in [0.2, 0.25) is 0 Å². The van der Waals surface area contributed by atoms with E-state index in [0.717, 1.165) is 36.0 Å². The fraction of sp³-hybridized carbons (Fsp3) is 0.381. The molecule has 142 valence electrons. The molecule has 2 aliphatic heterocycles. The Morgan fingerprint density at radius 3 is 2.78 bits per heavy atom. The van der Waals surface area contributed by atoms with E-state index in [9.17, 15) is 14.3 Å². The lowest BCUT2D eigenvalue weighted by Gasteiger charge is -2.32. The van der Waals surface area contributed by atoms with E-state index in [0.29, 0.717) is 19.7 Å². The molecule has 2 N–H and O–H groups in total. The molecule has 0 unspecified atom stereocenters. The molecule has 1 saturated heterocycles. The predicted octanol–water partition coefficient (Wildman–Crippen LogP) is 3.52. The lowest BCUT2D eigenvalue weighted by molar-refractivity contribution is 0.0775. The Morgan fingerprint density at radius 1 is 1.22 bits per heavy atom. The smallest absolute Gasteiger partial charge is 0.318 e. The van der Waals surface area contributed by atoms with Gasteiger partial charge in [0.15, 0.2) is 0 Å². The third-order valence-electron chi connectivity index (χ3n) is 5.33. The maximum absolute atomic E-state index is 13.3. The quantitative estimate of drug-likeness (QED) is 0.869. The molecule has 2 aromatic rings. The Labute approximate surface area is 157 Å². The molecule has 0 aromatic heterocycles. The van der Waals surface area contributed by atoms with Crippen LogP contribution in [0.1, 0.15) is 35.6 Å². The van der Waals surface area contributed by atoms with Gasteiger partial charge >= 0.3 is 6.03 Å². The SMILES string of the molecule is O=C(N[C@@H](c1ccc(F)cc1)[C@@H]1CCCO1)N1CCc2ccc(O)cc2C1. The number of urea groups is 1. The van der Waals surface area contributed by atoms with Gasteiger partial charge in [-0.3, -0.25) is 0 Å². The summed E-state index contributed by atoms with van der Waals surface area (Å²) in [5.41, 5.74) is 2.96. The number of aromatic hydroxyl groups is 1. The van der Waals surface area contributed by atoms with E-state index in [4.69, 9.17) is 4.74 Å². The highest BCUT2D eigenvalue weighted by molar-refractivity contribution is 5.75. The summed E-state index contributed by atoms with van der Waals surface area (Å²) in [5.74, 6) is -0.0943. The number of benzene rings is 2. The third kappa shape index (κ3) is 3.90. The van der Waals surface area contributed by atoms with Crippen molar-refractivity contribution in [3.8, 4) is 5.75 Å². The summed E-state index contributed by atoms with van der Waals surface area (Å²) in [4.78, 5) is 14.7. The first kappa shape index (κ1) is 17.8. The molecule has 0 bridgehead atoms. The van der Waals surface area contributed by atoms with Crippen LogP contribution in [0, 0.1) is 5.82 Å². The second-order valence-corrected chi connectivity index (χ2v) is 7.15. The fourth-order valence-electron chi connectivity index (χ4n) is 3.87. The van der Waals surface area contributed by atoms with Gasteiger partial charge in [-0.05, 0) is 60.2 Å². The Balaban J connectivity index is 1.51. The summed E-state index contributed by atoms with van der Waals surface area (Å²) in [6, 6.07) is 11.0. The molecule has 27 heavy (non-hydrogen) atoms. The number of hydrogen-bond acceptors (Lipinski definition) is 3. The van der Waals surface area contributed by atoms with Crippen molar-refractivity contribution in [3.63, 3.8) is 0 Å². The third-order valence-corrected chi connectivity index (χ3v) is 5.33. The zero-order valence-electron chi connectivity index (χ0n) is 15.0. The molecule has 2 aliphatic rings. The molecule has 0 spiro atoms. The second kappa shape index (κ2) is 7.56. The molecule has 1 fully saturated rings. The normalized spacial score (nSPS) is 20.2. The molecular formula is C21H23FN2O3. The van der Waals surface area contributed by atoms with E-state index in [1.165, 1.54) is 12.1 Å². The van der Waals surface area contributed by atoms with Crippen molar-refractivity contribution < 1.29 is 19.0 Å². The van der Waals surface area contributed by atoms with Crippen molar-refractivity contribution in [3.05, 3.63) is 65.0 Å². The summed E-state index contributed by atoms with van der Waals surface area (Å²) in [6.45, 7) is 1.75. The first-order chi connectivity index (χ1) is 13.1. The Kier molecular flexibility index (Phi) is 4.99. The number of carbonyl (C=O) groups excluding carboxylic acids is 1. The monoisotopic (exact) mass is 370 g/mol. The van der Waals surface area contributed by atoms with Gasteiger partial charge in [-0.1, -0.05) is 18.2 Å². The summed E-state index contributed by atoms with van der Waals surface area (Å²) < 4.78 is 19.1. The van der Waals surface area contributed by atoms with Crippen LogP contribution in [0.3, 0.4) is 0 Å². The summed E-state index contributed by atoms with van der Waals surface area (Å²) in [6.07, 6.45) is 2.46. The standard InChI is InChI=1S/C21H23FN2O3/c22-17-6-3-15(4-7-17)20(19-2-1-11-27-19)23-21(26)24-10-9-14-5-8-18(25)12-16(14)13-24/h3-8,12,19-20,25H,1-2,9-11,13H2,(H,23,26)/t19-,20-/m0/s1. The van der Waals surface area contributed by atoms with Crippen molar-refractivity contribution >= 4 is 6.03 Å². The molecular weight excluding hydrogens is 347 g/mol. The largest absolute Gasteiger partial charge is 0.508 e. The number of hydrogen-bond donors (Lipinski definition) is 2. The van der Waals surface area contributed by atoms with Gasteiger partial charge in [-0.2, -0.15) is 0 Å². The number of rotatable bonds is 3. The highest BCUT2D eigenvalue weighted by atomic mass is 19.1. The van der Waals surface area contributed by atoms with Crippen LogP contribution in [0.25, 0.3) is 0 Å². The highest BCUT2D eigenvalue weighted by Crippen LogP contribution is 2.28. The number of phenols is 1. The molecule has 0 radical (unpaired) electrons. The number of carbonyl (C=O) groups is 1. The summed E-state index contributed by atoms with van der Waals surface area (Å²) in [7, 11) is 0. The maximum Gasteiger partial charge on any atom is 0.318 e. The zero-order chi connectivity index (χ0) is 18.8. The molecule has 2 heterocycles. The number of phenolic OH excluding ortho intramolecular Hbond substituents is 1. The van der Waals surface area contributed by atoms with Gasteiger partial charge in [0.25, 0.3) is 0 Å². The zero-order valence-corrected chi connectivity index (χ0v) is 15.0. The molecule has 2 atom stereocenters. The van der Waals surface area contributed by atoms with Crippen molar-refractivity contribution in [2.24, 2.45) is 0 Å². The number of nitrogens with zero attached hydrogens (tertiary/aromatic N) is 1. The van der Waals surface area contributed by atoms with Crippen molar-refractivity contribution in [1.82, 2.24) is 10.2 Å². The van der Waals surface area contributed by atoms with Gasteiger partial charge in [-0.25, -0.2) is 9.18 Å². The topological polar surface area (TPSA) is 61.8 Å². The van der Waals surface area contributed by atoms with Gasteiger partial charge < -0.3 is 20.1 Å². The average molecular weight is 370 g/mol. The number of halogens is 1. The van der Waals surface area contributed by atoms with E-state index >= 15 is 0 Å². The lowest BCUT2D eigenvalue weighted by atomic mass is 9.98. The molecule has 2 amide bonds. The van der Waals surface area contributed by atoms with Crippen molar-refractivity contribution in [2.75, 3.05) is 13.2 Å². The van der Waals surface area contributed by atoms with E-state index in [2.05, 4.69) is 5.32 Å². The second-order valence-electron chi connectivity index (χ2n) is 7.15. The van der Waals surface area contributed by atoms with Gasteiger partial charge in [-0.15, -0.1) is 0 Å². The molecule has 0 aliphatic carbocycles. The maximum atomic E-state index is 13.3. The average Bonchev–Trinajstić information content (AvgIpc) is 3.20. The number of fused-ring (bicyclic) bond motifs is 1. The molecule has 2 aromatic carbocycles. The van der Waals surface area contributed by atoms with Gasteiger partial charge in [0.1, 0.15) is 11.6 Å². The Morgan fingerprint density at radius 2 is 2.04 bits per heavy atom.